The lowest BCUT2D eigenvalue weighted by molar-refractivity contribution is 0.380. The van der Waals surface area contributed by atoms with E-state index in [1.54, 1.807) is 38.1 Å². The number of piperazine rings is 1. The summed E-state index contributed by atoms with van der Waals surface area (Å²) in [5.41, 5.74) is -0.0702. The third-order valence-corrected chi connectivity index (χ3v) is 9.20. The molecule has 0 saturated carbocycles. The van der Waals surface area contributed by atoms with Crippen LogP contribution >= 0.6 is 23.4 Å². The van der Waals surface area contributed by atoms with Gasteiger partial charge in [-0.1, -0.05) is 23.4 Å². The minimum atomic E-state index is -3.39. The lowest BCUT2D eigenvalue weighted by atomic mass is 10.3. The molecule has 1 aliphatic heterocycles. The largest absolute Gasteiger partial charge is 0.367 e. The van der Waals surface area contributed by atoms with Crippen molar-refractivity contribution in [3.63, 3.8) is 0 Å². The third-order valence-electron chi connectivity index (χ3n) is 5.58. The van der Waals surface area contributed by atoms with Crippen LogP contribution in [0.1, 0.15) is 13.8 Å². The molecule has 0 unspecified atom stereocenters. The van der Waals surface area contributed by atoms with Crippen LogP contribution < -0.4 is 10.5 Å². The second-order valence-electron chi connectivity index (χ2n) is 8.24. The summed E-state index contributed by atoms with van der Waals surface area (Å²) in [6, 6.07) is 9.69. The SMILES string of the molecule is CC(C)S(=O)(=O)N1CCN(c2cnn(-c3cc(F)cc(F)c3)c(=O)c2Sc2ccc(Cl)cc2)CC1. The second-order valence-corrected chi connectivity index (χ2v) is 12.2. The topological polar surface area (TPSA) is 75.5 Å². The van der Waals surface area contributed by atoms with Gasteiger partial charge in [0.15, 0.2) is 0 Å². The van der Waals surface area contributed by atoms with Gasteiger partial charge in [0.1, 0.15) is 16.5 Å². The lowest BCUT2D eigenvalue weighted by Crippen LogP contribution is -2.50. The maximum atomic E-state index is 13.8. The first-order valence-electron chi connectivity index (χ1n) is 10.8. The summed E-state index contributed by atoms with van der Waals surface area (Å²) >= 11 is 7.17. The lowest BCUT2D eigenvalue weighted by Gasteiger charge is -2.36. The Morgan fingerprint density at radius 1 is 1.00 bits per heavy atom. The Balaban J connectivity index is 1.73. The van der Waals surface area contributed by atoms with Crippen molar-refractivity contribution in [2.45, 2.75) is 28.9 Å². The van der Waals surface area contributed by atoms with Crippen LogP contribution in [0.2, 0.25) is 5.02 Å². The minimum Gasteiger partial charge on any atom is -0.367 e. The van der Waals surface area contributed by atoms with Gasteiger partial charge in [-0.25, -0.2) is 17.2 Å². The van der Waals surface area contributed by atoms with Crippen molar-refractivity contribution < 1.29 is 17.2 Å². The number of nitrogens with zero attached hydrogens (tertiary/aromatic N) is 4. The molecule has 0 atom stereocenters. The fourth-order valence-electron chi connectivity index (χ4n) is 3.70. The first-order valence-corrected chi connectivity index (χ1v) is 13.5. The monoisotopic (exact) mass is 540 g/mol. The molecule has 0 aliphatic carbocycles. The van der Waals surface area contributed by atoms with Crippen LogP contribution in [0.25, 0.3) is 5.69 Å². The number of hydrogen-bond donors (Lipinski definition) is 0. The zero-order chi connectivity index (χ0) is 25.3. The number of aromatic nitrogens is 2. The maximum absolute atomic E-state index is 13.8. The Kier molecular flexibility index (Phi) is 7.51. The highest BCUT2D eigenvalue weighted by Gasteiger charge is 2.31. The van der Waals surface area contributed by atoms with Crippen molar-refractivity contribution in [2.24, 2.45) is 0 Å². The molecule has 2 heterocycles. The molecule has 7 nitrogen and oxygen atoms in total. The maximum Gasteiger partial charge on any atom is 0.287 e. The van der Waals surface area contributed by atoms with Gasteiger partial charge >= 0.3 is 0 Å². The Morgan fingerprint density at radius 2 is 1.60 bits per heavy atom. The van der Waals surface area contributed by atoms with Crippen LogP contribution in [0.3, 0.4) is 0 Å². The summed E-state index contributed by atoms with van der Waals surface area (Å²) in [5.74, 6) is -1.65. The molecule has 1 aliphatic rings. The molecule has 0 N–H and O–H groups in total. The van der Waals surface area contributed by atoms with Gasteiger partial charge in [0.05, 0.1) is 22.8 Å². The first kappa shape index (κ1) is 25.6. The van der Waals surface area contributed by atoms with E-state index in [-0.39, 0.29) is 18.8 Å². The van der Waals surface area contributed by atoms with E-state index >= 15 is 0 Å². The number of rotatable bonds is 6. The zero-order valence-electron chi connectivity index (χ0n) is 19.0. The fraction of sp³-hybridized carbons (Fsp3) is 0.304. The highest BCUT2D eigenvalue weighted by molar-refractivity contribution is 7.99. The zero-order valence-corrected chi connectivity index (χ0v) is 21.4. The molecule has 186 valence electrons. The van der Waals surface area contributed by atoms with Gasteiger partial charge in [-0.3, -0.25) is 4.79 Å². The third kappa shape index (κ3) is 5.53. The minimum absolute atomic E-state index is 0.0372. The molecule has 0 spiro atoms. The molecule has 0 bridgehead atoms. The van der Waals surface area contributed by atoms with Crippen LogP contribution in [0.4, 0.5) is 14.5 Å². The molecule has 0 radical (unpaired) electrons. The number of benzene rings is 2. The number of halogens is 3. The van der Waals surface area contributed by atoms with Gasteiger partial charge in [-0.15, -0.1) is 0 Å². The summed E-state index contributed by atoms with van der Waals surface area (Å²) in [7, 11) is -3.39. The van der Waals surface area contributed by atoms with E-state index in [0.717, 1.165) is 27.8 Å². The molecule has 3 aromatic rings. The van der Waals surface area contributed by atoms with E-state index in [0.29, 0.717) is 28.7 Å². The van der Waals surface area contributed by atoms with Crippen LogP contribution in [0.15, 0.2) is 63.2 Å². The van der Waals surface area contributed by atoms with Gasteiger partial charge < -0.3 is 4.90 Å². The van der Waals surface area contributed by atoms with Crippen LogP contribution in [0.5, 0.6) is 0 Å². The average molecular weight is 541 g/mol. The molecule has 1 saturated heterocycles. The quantitative estimate of drug-likeness (QED) is 0.467. The van der Waals surface area contributed by atoms with Gasteiger partial charge in [-0.05, 0) is 50.2 Å². The molecule has 35 heavy (non-hydrogen) atoms. The van der Waals surface area contributed by atoms with Crippen molar-refractivity contribution >= 4 is 39.1 Å². The average Bonchev–Trinajstić information content (AvgIpc) is 2.81. The molecule has 2 aromatic carbocycles. The molecule has 0 amide bonds. The van der Waals surface area contributed by atoms with E-state index in [2.05, 4.69) is 5.10 Å². The summed E-state index contributed by atoms with van der Waals surface area (Å²) in [5, 5.41) is 4.20. The molecule has 12 heteroatoms. The van der Waals surface area contributed by atoms with Crippen molar-refractivity contribution in [3.8, 4) is 5.69 Å². The van der Waals surface area contributed by atoms with E-state index in [1.807, 2.05) is 4.90 Å². The van der Waals surface area contributed by atoms with Crippen LogP contribution in [0, 0.1) is 11.6 Å². The number of hydrogen-bond acceptors (Lipinski definition) is 6. The van der Waals surface area contributed by atoms with E-state index in [4.69, 9.17) is 11.6 Å². The number of sulfonamides is 1. The summed E-state index contributed by atoms with van der Waals surface area (Å²) < 4.78 is 55.1. The molecule has 4 rings (SSSR count). The fourth-order valence-corrected chi connectivity index (χ4v) is 6.06. The Morgan fingerprint density at radius 3 is 2.17 bits per heavy atom. The normalized spacial score (nSPS) is 15.1. The van der Waals surface area contributed by atoms with Crippen molar-refractivity contribution in [1.82, 2.24) is 14.1 Å². The Labute approximate surface area is 211 Å². The van der Waals surface area contributed by atoms with Crippen LogP contribution in [-0.2, 0) is 10.0 Å². The van der Waals surface area contributed by atoms with E-state index in [1.165, 1.54) is 22.3 Å². The highest BCUT2D eigenvalue weighted by Crippen LogP contribution is 2.34. The molecule has 1 fully saturated rings. The Bertz CT molecular complexity index is 1370. The summed E-state index contributed by atoms with van der Waals surface area (Å²) in [4.78, 5) is 16.4. The van der Waals surface area contributed by atoms with Gasteiger partial charge in [0, 0.05) is 42.2 Å². The van der Waals surface area contributed by atoms with E-state index in [9.17, 15) is 22.0 Å². The van der Waals surface area contributed by atoms with Crippen molar-refractivity contribution in [1.29, 1.82) is 0 Å². The van der Waals surface area contributed by atoms with Crippen molar-refractivity contribution in [2.75, 3.05) is 31.1 Å². The van der Waals surface area contributed by atoms with E-state index < -0.39 is 32.5 Å². The predicted octanol–water partition coefficient (Wildman–Crippen LogP) is 4.18. The first-order chi connectivity index (χ1) is 16.6. The number of anilines is 1. The molecular weight excluding hydrogens is 518 g/mol. The highest BCUT2D eigenvalue weighted by atomic mass is 35.5. The standard InChI is InChI=1S/C23H23ClF2N4O3S2/c1-15(2)35(32,33)29-9-7-28(8-10-29)21-14-27-30(19-12-17(25)11-18(26)13-19)23(31)22(21)34-20-5-3-16(24)4-6-20/h3-6,11-15H,7-10H2,1-2H3. The molecular formula is C23H23ClF2N4O3S2. The predicted molar refractivity (Wildman–Crippen MR) is 133 cm³/mol. The van der Waals surface area contributed by atoms with Crippen molar-refractivity contribution in [3.05, 3.63) is 75.7 Å². The van der Waals surface area contributed by atoms with Gasteiger partial charge in [-0.2, -0.15) is 14.1 Å². The summed E-state index contributed by atoms with van der Waals surface area (Å²) in [6.45, 7) is 4.54. The Hall–Kier alpha value is -2.47. The van der Waals surface area contributed by atoms with Gasteiger partial charge in [0.2, 0.25) is 10.0 Å². The summed E-state index contributed by atoms with van der Waals surface area (Å²) in [6.07, 6.45) is 1.47. The van der Waals surface area contributed by atoms with Crippen LogP contribution in [-0.4, -0.2) is 53.9 Å². The smallest absolute Gasteiger partial charge is 0.287 e. The van der Waals surface area contributed by atoms with Gasteiger partial charge in [0.25, 0.3) is 5.56 Å². The molecule has 1 aromatic heterocycles. The second kappa shape index (κ2) is 10.3.